The van der Waals surface area contributed by atoms with Crippen molar-refractivity contribution in [3.05, 3.63) is 71.6 Å². The van der Waals surface area contributed by atoms with Gasteiger partial charge in [-0.1, -0.05) is 47.6 Å². The van der Waals surface area contributed by atoms with Crippen molar-refractivity contribution in [3.63, 3.8) is 0 Å². The summed E-state index contributed by atoms with van der Waals surface area (Å²) in [5, 5.41) is 3.94. The highest BCUT2D eigenvalue weighted by atomic mass is 32.2. The van der Waals surface area contributed by atoms with Gasteiger partial charge in [0, 0.05) is 11.8 Å². The number of hydrogen-bond acceptors (Lipinski definition) is 7. The minimum absolute atomic E-state index is 0.0157. The lowest BCUT2D eigenvalue weighted by atomic mass is 10.1. The van der Waals surface area contributed by atoms with Gasteiger partial charge in [0.2, 0.25) is 11.7 Å². The Balaban J connectivity index is 1.73. The summed E-state index contributed by atoms with van der Waals surface area (Å²) in [6, 6.07) is 14.5. The number of benzene rings is 2. The number of hydrogen-bond donors (Lipinski definition) is 0. The van der Waals surface area contributed by atoms with Gasteiger partial charge in [0.25, 0.3) is 11.8 Å². The molecule has 3 aromatic rings. The smallest absolute Gasteiger partial charge is 0.262 e. The summed E-state index contributed by atoms with van der Waals surface area (Å²) in [6.45, 7) is 0. The Morgan fingerprint density at radius 3 is 2.14 bits per heavy atom. The normalized spacial score (nSPS) is 14.9. The van der Waals surface area contributed by atoms with E-state index in [0.29, 0.717) is 11.4 Å². The molecule has 8 nitrogen and oxygen atoms in total. The summed E-state index contributed by atoms with van der Waals surface area (Å²) in [5.74, 6) is -0.954. The zero-order chi connectivity index (χ0) is 20.6. The van der Waals surface area contributed by atoms with Crippen molar-refractivity contribution in [3.8, 4) is 11.4 Å². The summed E-state index contributed by atoms with van der Waals surface area (Å²) in [6.07, 6.45) is 1.05. The van der Waals surface area contributed by atoms with E-state index in [1.807, 2.05) is 18.2 Å². The van der Waals surface area contributed by atoms with Crippen LogP contribution in [0.3, 0.4) is 0 Å². The van der Waals surface area contributed by atoms with Crippen molar-refractivity contribution in [1.82, 2.24) is 15.0 Å². The second-order valence-corrected chi connectivity index (χ2v) is 9.04. The monoisotopic (exact) mass is 411 g/mol. The highest BCUT2D eigenvalue weighted by Gasteiger charge is 2.42. The highest BCUT2D eigenvalue weighted by molar-refractivity contribution is 7.90. The zero-order valence-electron chi connectivity index (χ0n) is 15.5. The Bertz CT molecular complexity index is 1150. The molecule has 0 radical (unpaired) electrons. The average molecular weight is 411 g/mol. The van der Waals surface area contributed by atoms with Crippen LogP contribution < -0.4 is 0 Å². The SMILES string of the molecule is CS(=O)(=O)CCC(c1nc(-c2ccccc2)no1)N1C(=O)c2ccccc2C1=O. The van der Waals surface area contributed by atoms with Crippen LogP contribution in [-0.4, -0.2) is 47.3 Å². The van der Waals surface area contributed by atoms with Gasteiger partial charge < -0.3 is 4.52 Å². The second kappa shape index (κ2) is 7.25. The molecule has 29 heavy (non-hydrogen) atoms. The molecule has 2 heterocycles. The molecule has 9 heteroatoms. The van der Waals surface area contributed by atoms with Crippen LogP contribution in [0.4, 0.5) is 0 Å². The summed E-state index contributed by atoms with van der Waals surface area (Å²) < 4.78 is 28.8. The van der Waals surface area contributed by atoms with Crippen molar-refractivity contribution in [2.24, 2.45) is 0 Å². The van der Waals surface area contributed by atoms with E-state index in [1.54, 1.807) is 36.4 Å². The molecular weight excluding hydrogens is 394 g/mol. The van der Waals surface area contributed by atoms with Crippen LogP contribution in [0, 0.1) is 0 Å². The maximum atomic E-state index is 12.9. The first-order valence-electron chi connectivity index (χ1n) is 8.89. The van der Waals surface area contributed by atoms with Crippen molar-refractivity contribution in [1.29, 1.82) is 0 Å². The summed E-state index contributed by atoms with van der Waals surface area (Å²) in [7, 11) is -3.34. The number of nitrogens with zero attached hydrogens (tertiary/aromatic N) is 3. The van der Waals surface area contributed by atoms with Crippen LogP contribution in [0.2, 0.25) is 0 Å². The first kappa shape index (κ1) is 19.0. The lowest BCUT2D eigenvalue weighted by Gasteiger charge is -2.22. The molecule has 2 amide bonds. The van der Waals surface area contributed by atoms with E-state index >= 15 is 0 Å². The van der Waals surface area contributed by atoms with Gasteiger partial charge in [-0.2, -0.15) is 4.98 Å². The average Bonchev–Trinajstić information content (AvgIpc) is 3.28. The van der Waals surface area contributed by atoms with Crippen molar-refractivity contribution < 1.29 is 22.5 Å². The van der Waals surface area contributed by atoms with Gasteiger partial charge in [0.1, 0.15) is 15.9 Å². The summed E-state index contributed by atoms with van der Waals surface area (Å²) in [4.78, 5) is 31.1. The number of imide groups is 1. The van der Waals surface area contributed by atoms with Gasteiger partial charge in [0.05, 0.1) is 16.9 Å². The third-order valence-electron chi connectivity index (χ3n) is 4.66. The molecule has 4 rings (SSSR count). The topological polar surface area (TPSA) is 110 Å². The molecule has 0 saturated carbocycles. The van der Waals surface area contributed by atoms with Gasteiger partial charge in [-0.05, 0) is 18.6 Å². The highest BCUT2D eigenvalue weighted by Crippen LogP contribution is 2.33. The fourth-order valence-corrected chi connectivity index (χ4v) is 3.91. The number of sulfone groups is 1. The van der Waals surface area contributed by atoms with Crippen LogP contribution in [0.5, 0.6) is 0 Å². The van der Waals surface area contributed by atoms with E-state index in [2.05, 4.69) is 10.1 Å². The Labute approximate surface area is 167 Å². The number of fused-ring (bicyclic) bond motifs is 1. The standard InChI is InChI=1S/C20H17N3O5S/c1-29(26,27)12-11-16(18-21-17(22-28-18)13-7-3-2-4-8-13)23-19(24)14-9-5-6-10-15(14)20(23)25/h2-10,16H,11-12H2,1H3. The van der Waals surface area contributed by atoms with E-state index < -0.39 is 27.7 Å². The number of carbonyl (C=O) groups is 2. The van der Waals surface area contributed by atoms with Gasteiger partial charge in [-0.3, -0.25) is 14.5 Å². The number of aromatic nitrogens is 2. The molecule has 0 aliphatic carbocycles. The Morgan fingerprint density at radius 1 is 0.966 bits per heavy atom. The number of carbonyl (C=O) groups excluding carboxylic acids is 2. The molecule has 1 atom stereocenters. The third-order valence-corrected chi connectivity index (χ3v) is 5.64. The van der Waals surface area contributed by atoms with Gasteiger partial charge >= 0.3 is 0 Å². The molecule has 0 bridgehead atoms. The number of amides is 2. The predicted molar refractivity (Wildman–Crippen MR) is 104 cm³/mol. The maximum absolute atomic E-state index is 12.9. The van der Waals surface area contributed by atoms with Gasteiger partial charge in [0.15, 0.2) is 0 Å². The lowest BCUT2D eigenvalue weighted by Crippen LogP contribution is -2.35. The molecule has 2 aromatic carbocycles. The van der Waals surface area contributed by atoms with Crippen LogP contribution in [-0.2, 0) is 9.84 Å². The van der Waals surface area contributed by atoms with E-state index in [-0.39, 0.29) is 29.2 Å². The van der Waals surface area contributed by atoms with Gasteiger partial charge in [-0.25, -0.2) is 8.42 Å². The van der Waals surface area contributed by atoms with Gasteiger partial charge in [-0.15, -0.1) is 0 Å². The number of rotatable bonds is 6. The molecule has 1 aromatic heterocycles. The molecule has 0 spiro atoms. The minimum Gasteiger partial charge on any atom is -0.337 e. The molecule has 1 aliphatic heterocycles. The molecular formula is C20H17N3O5S. The van der Waals surface area contributed by atoms with E-state index in [9.17, 15) is 18.0 Å². The molecule has 0 fully saturated rings. The molecule has 148 valence electrons. The van der Waals surface area contributed by atoms with Crippen molar-refractivity contribution in [2.45, 2.75) is 12.5 Å². The first-order valence-corrected chi connectivity index (χ1v) is 10.9. The molecule has 0 saturated heterocycles. The predicted octanol–water partition coefficient (Wildman–Crippen LogP) is 2.51. The van der Waals surface area contributed by atoms with E-state index in [1.165, 1.54) is 0 Å². The lowest BCUT2D eigenvalue weighted by molar-refractivity contribution is 0.0547. The maximum Gasteiger partial charge on any atom is 0.262 e. The first-order chi connectivity index (χ1) is 13.8. The van der Waals surface area contributed by atoms with Crippen LogP contribution in [0.25, 0.3) is 11.4 Å². The molecule has 1 unspecified atom stereocenters. The summed E-state index contributed by atoms with van der Waals surface area (Å²) in [5.41, 5.74) is 1.24. The van der Waals surface area contributed by atoms with E-state index in [4.69, 9.17) is 4.52 Å². The van der Waals surface area contributed by atoms with Crippen LogP contribution >= 0.6 is 0 Å². The fourth-order valence-electron chi connectivity index (χ4n) is 3.25. The zero-order valence-corrected chi connectivity index (χ0v) is 16.3. The minimum atomic E-state index is -3.34. The van der Waals surface area contributed by atoms with Crippen molar-refractivity contribution in [2.75, 3.05) is 12.0 Å². The third kappa shape index (κ3) is 3.68. The van der Waals surface area contributed by atoms with Crippen LogP contribution in [0.1, 0.15) is 39.1 Å². The Morgan fingerprint density at radius 2 is 1.55 bits per heavy atom. The van der Waals surface area contributed by atoms with Crippen molar-refractivity contribution >= 4 is 21.7 Å². The quantitative estimate of drug-likeness (QED) is 0.573. The largest absolute Gasteiger partial charge is 0.337 e. The molecule has 0 N–H and O–H groups in total. The summed E-state index contributed by atoms with van der Waals surface area (Å²) >= 11 is 0. The second-order valence-electron chi connectivity index (χ2n) is 6.78. The Hall–Kier alpha value is -3.33. The molecule has 1 aliphatic rings. The Kier molecular flexibility index (Phi) is 4.75. The van der Waals surface area contributed by atoms with Crippen LogP contribution in [0.15, 0.2) is 59.1 Å². The fraction of sp³-hybridized carbons (Fsp3) is 0.200. The van der Waals surface area contributed by atoms with E-state index in [0.717, 1.165) is 11.2 Å².